The number of thioether (sulfide) groups is 1. The summed E-state index contributed by atoms with van der Waals surface area (Å²) < 4.78 is 17.8. The summed E-state index contributed by atoms with van der Waals surface area (Å²) in [5.74, 6) is -1.50. The largest absolute Gasteiger partial charge is 0.468 e. The molecule has 26 heavy (non-hydrogen) atoms. The van der Waals surface area contributed by atoms with Gasteiger partial charge in [-0.15, -0.1) is 0 Å². The summed E-state index contributed by atoms with van der Waals surface area (Å²) in [6.45, 7) is -0.186. The van der Waals surface area contributed by atoms with Crippen molar-refractivity contribution in [2.45, 2.75) is 5.37 Å². The van der Waals surface area contributed by atoms with Crippen LogP contribution in [0.1, 0.15) is 0 Å². The fraction of sp³-hybridized carbons (Fsp3) is 0.167. The van der Waals surface area contributed by atoms with Crippen molar-refractivity contribution in [1.82, 2.24) is 0 Å². The molecule has 0 saturated carbocycles. The van der Waals surface area contributed by atoms with E-state index in [2.05, 4.69) is 0 Å². The molecule has 0 radical (unpaired) electrons. The highest BCUT2D eigenvalue weighted by Gasteiger charge is 2.44. The molecular formula is C18H15FN2O4S. The average Bonchev–Trinajstić information content (AvgIpc) is 2.95. The van der Waals surface area contributed by atoms with E-state index in [4.69, 9.17) is 4.74 Å². The van der Waals surface area contributed by atoms with Gasteiger partial charge in [-0.1, -0.05) is 18.2 Å². The molecule has 1 heterocycles. The van der Waals surface area contributed by atoms with Crippen LogP contribution < -0.4 is 9.80 Å². The molecule has 1 saturated heterocycles. The van der Waals surface area contributed by atoms with Crippen molar-refractivity contribution in [2.75, 3.05) is 23.5 Å². The molecule has 1 aliphatic rings. The van der Waals surface area contributed by atoms with Gasteiger partial charge >= 0.3 is 5.97 Å². The number of halogens is 1. The van der Waals surface area contributed by atoms with Gasteiger partial charge < -0.3 is 9.64 Å². The van der Waals surface area contributed by atoms with Gasteiger partial charge in [0.25, 0.3) is 11.1 Å². The Morgan fingerprint density at radius 2 is 1.81 bits per heavy atom. The second kappa shape index (κ2) is 7.57. The maximum atomic E-state index is 13.1. The van der Waals surface area contributed by atoms with E-state index in [0.717, 1.165) is 16.7 Å². The molecule has 0 unspecified atom stereocenters. The third-order valence-electron chi connectivity index (χ3n) is 3.81. The Balaban J connectivity index is 1.92. The van der Waals surface area contributed by atoms with Crippen LogP contribution in [-0.2, 0) is 14.3 Å². The number of carbonyl (C=O) groups excluding carboxylic acids is 3. The van der Waals surface area contributed by atoms with Crippen molar-refractivity contribution in [2.24, 2.45) is 0 Å². The van der Waals surface area contributed by atoms with Crippen molar-refractivity contribution in [3.63, 3.8) is 0 Å². The smallest absolute Gasteiger partial charge is 0.325 e. The predicted molar refractivity (Wildman–Crippen MR) is 96.5 cm³/mol. The fourth-order valence-corrected chi connectivity index (χ4v) is 3.57. The van der Waals surface area contributed by atoms with Crippen LogP contribution in [0.4, 0.5) is 20.6 Å². The molecule has 0 N–H and O–H groups in total. The van der Waals surface area contributed by atoms with Gasteiger partial charge in [-0.25, -0.2) is 9.29 Å². The van der Waals surface area contributed by atoms with Gasteiger partial charge in [0.1, 0.15) is 12.4 Å². The number of esters is 1. The number of amides is 2. The molecule has 1 atom stereocenters. The lowest BCUT2D eigenvalue weighted by Crippen LogP contribution is -2.44. The number of methoxy groups -OCH3 is 1. The maximum absolute atomic E-state index is 13.1. The highest BCUT2D eigenvalue weighted by molar-refractivity contribution is 8.16. The Kier molecular flexibility index (Phi) is 5.22. The Hall–Kier alpha value is -2.87. The third kappa shape index (κ3) is 3.55. The first-order valence-electron chi connectivity index (χ1n) is 7.70. The summed E-state index contributed by atoms with van der Waals surface area (Å²) in [5, 5.41) is -1.41. The van der Waals surface area contributed by atoms with Crippen LogP contribution in [0.25, 0.3) is 0 Å². The topological polar surface area (TPSA) is 66.9 Å². The predicted octanol–water partition coefficient (Wildman–Crippen LogP) is 3.03. The van der Waals surface area contributed by atoms with Crippen LogP contribution in [0, 0.1) is 5.82 Å². The van der Waals surface area contributed by atoms with Crippen LogP contribution >= 0.6 is 11.8 Å². The van der Waals surface area contributed by atoms with Crippen LogP contribution in [0.15, 0.2) is 54.6 Å². The van der Waals surface area contributed by atoms with Gasteiger partial charge in [0.15, 0.2) is 5.37 Å². The maximum Gasteiger partial charge on any atom is 0.325 e. The zero-order chi connectivity index (χ0) is 18.7. The standard InChI is InChI=1S/C18H15FN2O4S/c1-25-15(22)11-20(13-5-3-2-4-6-13)17-16(23)21(18(24)26-17)14-9-7-12(19)8-10-14/h2-10,17H,11H2,1H3/t17-/m0/s1. The van der Waals surface area contributed by atoms with Crippen LogP contribution in [0.3, 0.4) is 0 Å². The van der Waals surface area contributed by atoms with Crippen LogP contribution in [-0.4, -0.2) is 36.1 Å². The Morgan fingerprint density at radius 1 is 1.15 bits per heavy atom. The summed E-state index contributed by atoms with van der Waals surface area (Å²) in [4.78, 5) is 39.6. The SMILES string of the molecule is COC(=O)CN(c1ccccc1)[C@H]1SC(=O)N(c2ccc(F)cc2)C1=O. The number of rotatable bonds is 5. The Bertz CT molecular complexity index is 829. The van der Waals surface area contributed by atoms with Gasteiger partial charge in [-0.3, -0.25) is 14.4 Å². The van der Waals surface area contributed by atoms with Crippen LogP contribution in [0.2, 0.25) is 0 Å². The lowest BCUT2D eigenvalue weighted by atomic mass is 10.2. The van der Waals surface area contributed by atoms with Crippen molar-refractivity contribution in [3.8, 4) is 0 Å². The number of benzene rings is 2. The minimum atomic E-state index is -0.922. The van der Waals surface area contributed by atoms with Gasteiger partial charge in [-0.05, 0) is 48.2 Å². The quantitative estimate of drug-likeness (QED) is 0.750. The summed E-state index contributed by atoms with van der Waals surface area (Å²) >= 11 is 0.798. The van der Waals surface area contributed by atoms with E-state index < -0.39 is 28.3 Å². The highest BCUT2D eigenvalue weighted by atomic mass is 32.2. The van der Waals surface area contributed by atoms with Gasteiger partial charge in [-0.2, -0.15) is 0 Å². The summed E-state index contributed by atoms with van der Waals surface area (Å²) in [6.07, 6.45) is 0. The fourth-order valence-electron chi connectivity index (χ4n) is 2.55. The van der Waals surface area contributed by atoms with Gasteiger partial charge in [0.05, 0.1) is 12.8 Å². The summed E-state index contributed by atoms with van der Waals surface area (Å²) in [5.41, 5.74) is 0.889. The molecule has 2 amide bonds. The zero-order valence-corrected chi connectivity index (χ0v) is 14.6. The number of carbonyl (C=O) groups is 3. The van der Waals surface area contributed by atoms with Gasteiger partial charge in [0.2, 0.25) is 0 Å². The van der Waals surface area contributed by atoms with E-state index >= 15 is 0 Å². The molecule has 3 rings (SSSR count). The highest BCUT2D eigenvalue weighted by Crippen LogP contribution is 2.35. The number of para-hydroxylation sites is 1. The lowest BCUT2D eigenvalue weighted by Gasteiger charge is -2.27. The van der Waals surface area contributed by atoms with E-state index in [1.807, 2.05) is 0 Å². The molecule has 1 aliphatic heterocycles. The normalized spacial score (nSPS) is 16.7. The Morgan fingerprint density at radius 3 is 2.42 bits per heavy atom. The molecule has 0 aromatic heterocycles. The van der Waals surface area contributed by atoms with Crippen molar-refractivity contribution in [1.29, 1.82) is 0 Å². The lowest BCUT2D eigenvalue weighted by molar-refractivity contribution is -0.139. The van der Waals surface area contributed by atoms with Crippen molar-refractivity contribution in [3.05, 3.63) is 60.4 Å². The second-order valence-electron chi connectivity index (χ2n) is 5.43. The van der Waals surface area contributed by atoms with Gasteiger partial charge in [0, 0.05) is 5.69 Å². The summed E-state index contributed by atoms with van der Waals surface area (Å²) in [6, 6.07) is 13.9. The van der Waals surface area contributed by atoms with E-state index in [9.17, 15) is 18.8 Å². The van der Waals surface area contributed by atoms with E-state index in [0.29, 0.717) is 5.69 Å². The minimum absolute atomic E-state index is 0.186. The molecule has 2 aromatic rings. The van der Waals surface area contributed by atoms with Crippen LogP contribution in [0.5, 0.6) is 0 Å². The molecule has 0 bridgehead atoms. The van der Waals surface area contributed by atoms with E-state index in [-0.39, 0.29) is 12.2 Å². The first kappa shape index (κ1) is 17.9. The molecule has 1 fully saturated rings. The van der Waals surface area contributed by atoms with Crippen molar-refractivity contribution >= 4 is 40.3 Å². The molecule has 134 valence electrons. The molecule has 2 aromatic carbocycles. The number of nitrogens with zero attached hydrogens (tertiary/aromatic N) is 2. The zero-order valence-electron chi connectivity index (χ0n) is 13.8. The first-order chi connectivity index (χ1) is 12.5. The number of hydrogen-bond donors (Lipinski definition) is 0. The number of imide groups is 1. The molecule has 0 aliphatic carbocycles. The third-order valence-corrected chi connectivity index (χ3v) is 4.87. The number of ether oxygens (including phenoxy) is 1. The molecule has 6 nitrogen and oxygen atoms in total. The molecule has 8 heteroatoms. The summed E-state index contributed by atoms with van der Waals surface area (Å²) in [7, 11) is 1.26. The monoisotopic (exact) mass is 374 g/mol. The van der Waals surface area contributed by atoms with E-state index in [1.54, 1.807) is 30.3 Å². The first-order valence-corrected chi connectivity index (χ1v) is 8.58. The minimum Gasteiger partial charge on any atom is -0.468 e. The molecule has 0 spiro atoms. The number of anilines is 2. The van der Waals surface area contributed by atoms with E-state index in [1.165, 1.54) is 36.3 Å². The Labute approximate surface area is 153 Å². The average molecular weight is 374 g/mol. The molecular weight excluding hydrogens is 359 g/mol. The number of hydrogen-bond acceptors (Lipinski definition) is 6. The van der Waals surface area contributed by atoms with Crippen molar-refractivity contribution < 1.29 is 23.5 Å². The second-order valence-corrected chi connectivity index (χ2v) is 6.46.